The minimum atomic E-state index is -0.470. The van der Waals surface area contributed by atoms with Crippen LogP contribution in [0.1, 0.15) is 33.2 Å². The highest BCUT2D eigenvalue weighted by Gasteiger charge is 2.32. The minimum absolute atomic E-state index is 0.266. The van der Waals surface area contributed by atoms with Gasteiger partial charge in [0.25, 0.3) is 0 Å². The maximum Gasteiger partial charge on any atom is 0.410 e. The molecule has 1 aliphatic carbocycles. The second kappa shape index (κ2) is 10.4. The predicted molar refractivity (Wildman–Crippen MR) is 144 cm³/mol. The normalized spacial score (nSPS) is 12.0. The molecule has 4 aromatic rings. The number of pyridine rings is 2. The van der Waals surface area contributed by atoms with Crippen LogP contribution in [0.5, 0.6) is 0 Å². The summed E-state index contributed by atoms with van der Waals surface area (Å²) in [6.07, 6.45) is 3.26. The van der Waals surface area contributed by atoms with Gasteiger partial charge in [-0.25, -0.2) is 14.8 Å². The number of aldehydes is 1. The molecular formula is C29H26N4O3S. The molecule has 0 radical (unpaired) electrons. The van der Waals surface area contributed by atoms with Crippen LogP contribution in [0.25, 0.3) is 11.1 Å². The van der Waals surface area contributed by atoms with E-state index in [0.717, 1.165) is 44.8 Å². The van der Waals surface area contributed by atoms with Crippen LogP contribution in [-0.2, 0) is 11.3 Å². The number of fused-ring (bicyclic) bond motifs is 3. The van der Waals surface area contributed by atoms with Gasteiger partial charge in [-0.3, -0.25) is 4.79 Å². The van der Waals surface area contributed by atoms with Crippen LogP contribution in [-0.4, -0.2) is 48.4 Å². The van der Waals surface area contributed by atoms with Crippen LogP contribution in [0.15, 0.2) is 89.0 Å². The molecule has 1 aliphatic rings. The van der Waals surface area contributed by atoms with Crippen molar-refractivity contribution in [2.75, 3.05) is 26.0 Å². The standard InChI is InChI=1S/C29H26N4O3S/c1-32(2)27-24(25(14-16-30-27)37-28-19(18-34)9-8-15-31-28)17-33(3)29(35)36-26-22-12-6-4-10-20(22)21-11-5-7-13-23(21)26/h4-16,18,26H,17H2,1-3H3. The highest BCUT2D eigenvalue weighted by Crippen LogP contribution is 2.45. The minimum Gasteiger partial charge on any atom is -0.436 e. The van der Waals surface area contributed by atoms with Gasteiger partial charge in [0.2, 0.25) is 0 Å². The molecule has 0 aliphatic heterocycles. The van der Waals surface area contributed by atoms with Gasteiger partial charge in [-0.2, -0.15) is 0 Å². The molecule has 7 nitrogen and oxygen atoms in total. The number of nitrogens with zero attached hydrogens (tertiary/aromatic N) is 4. The lowest BCUT2D eigenvalue weighted by molar-refractivity contribution is 0.0842. The Morgan fingerprint density at radius 2 is 1.59 bits per heavy atom. The zero-order chi connectivity index (χ0) is 25.9. The quantitative estimate of drug-likeness (QED) is 0.289. The van der Waals surface area contributed by atoms with E-state index < -0.39 is 12.2 Å². The Balaban J connectivity index is 1.42. The molecule has 37 heavy (non-hydrogen) atoms. The highest BCUT2D eigenvalue weighted by atomic mass is 32.2. The molecule has 2 heterocycles. The van der Waals surface area contributed by atoms with Crippen LogP contribution < -0.4 is 4.90 Å². The van der Waals surface area contributed by atoms with Crippen molar-refractivity contribution in [3.8, 4) is 11.1 Å². The molecular weight excluding hydrogens is 484 g/mol. The lowest BCUT2D eigenvalue weighted by Gasteiger charge is -2.25. The lowest BCUT2D eigenvalue weighted by Crippen LogP contribution is -2.29. The predicted octanol–water partition coefficient (Wildman–Crippen LogP) is 5.84. The monoisotopic (exact) mass is 510 g/mol. The zero-order valence-corrected chi connectivity index (χ0v) is 21.6. The average molecular weight is 511 g/mol. The molecule has 0 unspecified atom stereocenters. The van der Waals surface area contributed by atoms with Gasteiger partial charge < -0.3 is 14.5 Å². The summed E-state index contributed by atoms with van der Waals surface area (Å²) in [5.41, 5.74) is 5.48. The summed E-state index contributed by atoms with van der Waals surface area (Å²) in [5.74, 6) is 0.727. The number of amides is 1. The number of ether oxygens (including phenoxy) is 1. The summed E-state index contributed by atoms with van der Waals surface area (Å²) in [4.78, 5) is 38.2. The van der Waals surface area contributed by atoms with Crippen molar-refractivity contribution < 1.29 is 14.3 Å². The van der Waals surface area contributed by atoms with E-state index in [-0.39, 0.29) is 6.54 Å². The summed E-state index contributed by atoms with van der Waals surface area (Å²) in [7, 11) is 5.53. The van der Waals surface area contributed by atoms with E-state index in [4.69, 9.17) is 4.74 Å². The van der Waals surface area contributed by atoms with Crippen molar-refractivity contribution in [3.63, 3.8) is 0 Å². The number of rotatable bonds is 7. The molecule has 2 aromatic carbocycles. The number of benzene rings is 2. The van der Waals surface area contributed by atoms with Gasteiger partial charge in [0.15, 0.2) is 12.4 Å². The summed E-state index contributed by atoms with van der Waals surface area (Å²) >= 11 is 1.38. The largest absolute Gasteiger partial charge is 0.436 e. The molecule has 8 heteroatoms. The fourth-order valence-corrected chi connectivity index (χ4v) is 5.47. The van der Waals surface area contributed by atoms with E-state index in [9.17, 15) is 9.59 Å². The number of hydrogen-bond donors (Lipinski definition) is 0. The van der Waals surface area contributed by atoms with Crippen molar-refractivity contribution in [1.82, 2.24) is 14.9 Å². The first-order valence-corrected chi connectivity index (χ1v) is 12.6. The first-order chi connectivity index (χ1) is 18.0. The summed E-state index contributed by atoms with van der Waals surface area (Å²) in [6, 6.07) is 21.4. The van der Waals surface area contributed by atoms with Gasteiger partial charge in [0.05, 0.1) is 6.54 Å². The van der Waals surface area contributed by atoms with Gasteiger partial charge >= 0.3 is 6.09 Å². The Kier molecular flexibility index (Phi) is 6.92. The molecule has 0 N–H and O–H groups in total. The van der Waals surface area contributed by atoms with Gasteiger partial charge in [-0.15, -0.1) is 0 Å². The van der Waals surface area contributed by atoms with Crippen LogP contribution in [0.2, 0.25) is 0 Å². The van der Waals surface area contributed by atoms with Crippen molar-refractivity contribution in [2.45, 2.75) is 22.6 Å². The Labute approximate surface area is 220 Å². The van der Waals surface area contributed by atoms with Crippen molar-refractivity contribution in [2.24, 2.45) is 0 Å². The second-order valence-electron chi connectivity index (χ2n) is 8.92. The second-order valence-corrected chi connectivity index (χ2v) is 9.95. The fraction of sp³-hybridized carbons (Fsp3) is 0.172. The maximum absolute atomic E-state index is 13.4. The van der Waals surface area contributed by atoms with Crippen LogP contribution in [0, 0.1) is 0 Å². The molecule has 0 bridgehead atoms. The lowest BCUT2D eigenvalue weighted by atomic mass is 10.1. The third-order valence-electron chi connectivity index (χ3n) is 6.25. The summed E-state index contributed by atoms with van der Waals surface area (Å²) in [5, 5.41) is 0.596. The van der Waals surface area contributed by atoms with Gasteiger partial charge in [-0.1, -0.05) is 60.3 Å². The van der Waals surface area contributed by atoms with E-state index in [1.54, 1.807) is 36.5 Å². The smallest absolute Gasteiger partial charge is 0.410 e. The van der Waals surface area contributed by atoms with E-state index >= 15 is 0 Å². The summed E-state index contributed by atoms with van der Waals surface area (Å²) < 4.78 is 6.08. The van der Waals surface area contributed by atoms with Crippen molar-refractivity contribution in [3.05, 3.63) is 101 Å². The first kappa shape index (κ1) is 24.5. The molecule has 186 valence electrons. The SMILES string of the molecule is CN(Cc1c(Sc2ncccc2C=O)ccnc1N(C)C)C(=O)OC1c2ccccc2-c2ccccc21. The zero-order valence-electron chi connectivity index (χ0n) is 20.8. The van der Waals surface area contributed by atoms with E-state index in [2.05, 4.69) is 22.1 Å². The van der Waals surface area contributed by atoms with Crippen molar-refractivity contribution in [1.29, 1.82) is 0 Å². The summed E-state index contributed by atoms with van der Waals surface area (Å²) in [6.45, 7) is 0.266. The molecule has 2 aromatic heterocycles. The Morgan fingerprint density at radius 3 is 2.24 bits per heavy atom. The molecule has 0 saturated carbocycles. The van der Waals surface area contributed by atoms with Gasteiger partial charge in [0, 0.05) is 60.7 Å². The van der Waals surface area contributed by atoms with Crippen LogP contribution >= 0.6 is 11.8 Å². The molecule has 0 saturated heterocycles. The first-order valence-electron chi connectivity index (χ1n) is 11.8. The van der Waals surface area contributed by atoms with Gasteiger partial charge in [-0.05, 0) is 29.3 Å². The molecule has 0 fully saturated rings. The maximum atomic E-state index is 13.4. The number of anilines is 1. The molecule has 1 amide bonds. The van der Waals surface area contributed by atoms with E-state index in [0.29, 0.717) is 10.6 Å². The van der Waals surface area contributed by atoms with Gasteiger partial charge in [0.1, 0.15) is 10.8 Å². The van der Waals surface area contributed by atoms with E-state index in [1.807, 2.05) is 61.5 Å². The average Bonchev–Trinajstić information content (AvgIpc) is 3.23. The van der Waals surface area contributed by atoms with E-state index in [1.165, 1.54) is 11.8 Å². The van der Waals surface area contributed by atoms with Crippen LogP contribution in [0.3, 0.4) is 0 Å². The number of hydrogen-bond acceptors (Lipinski definition) is 7. The fourth-order valence-electron chi connectivity index (χ4n) is 4.51. The molecule has 0 atom stereocenters. The number of aromatic nitrogens is 2. The van der Waals surface area contributed by atoms with Crippen LogP contribution in [0.4, 0.5) is 10.6 Å². The third-order valence-corrected chi connectivity index (χ3v) is 7.39. The Morgan fingerprint density at radius 1 is 0.919 bits per heavy atom. The van der Waals surface area contributed by atoms with Crippen molar-refractivity contribution >= 4 is 30.0 Å². The topological polar surface area (TPSA) is 75.6 Å². The number of carbonyl (C=O) groups excluding carboxylic acids is 2. The Hall–Kier alpha value is -4.17. The highest BCUT2D eigenvalue weighted by molar-refractivity contribution is 7.99. The molecule has 0 spiro atoms. The third kappa shape index (κ3) is 4.80. The molecule has 5 rings (SSSR count). The Bertz CT molecular complexity index is 1430. The number of carbonyl (C=O) groups is 2.